The highest BCUT2D eigenvalue weighted by molar-refractivity contribution is 5.60. The number of hydrogen-bond acceptors (Lipinski definition) is 6. The Morgan fingerprint density at radius 3 is 2.82 bits per heavy atom. The van der Waals surface area contributed by atoms with Crippen LogP contribution in [0.1, 0.15) is 18.9 Å². The molecule has 0 amide bonds. The largest absolute Gasteiger partial charge is 0.504 e. The molecule has 1 aromatic heterocycles. The monoisotopic (exact) mass is 235 g/mol. The first-order valence-corrected chi connectivity index (χ1v) is 5.08. The van der Waals surface area contributed by atoms with Gasteiger partial charge in [0, 0.05) is 5.56 Å². The van der Waals surface area contributed by atoms with Gasteiger partial charge in [0.1, 0.15) is 0 Å². The fourth-order valence-electron chi connectivity index (χ4n) is 1.35. The van der Waals surface area contributed by atoms with Crippen molar-refractivity contribution in [2.24, 2.45) is 5.73 Å². The Balaban J connectivity index is 2.38. The fourth-order valence-corrected chi connectivity index (χ4v) is 1.35. The first-order valence-electron chi connectivity index (χ1n) is 5.08. The topological polar surface area (TPSA) is 94.4 Å². The first-order chi connectivity index (χ1) is 8.11. The average Bonchev–Trinajstić information content (AvgIpc) is 2.79. The SMILES string of the molecule is COc1cc(-c2noc([C@@H](C)N)n2)ccc1O. The summed E-state index contributed by atoms with van der Waals surface area (Å²) >= 11 is 0. The number of rotatable bonds is 3. The van der Waals surface area contributed by atoms with Crippen LogP contribution in [-0.4, -0.2) is 22.4 Å². The van der Waals surface area contributed by atoms with Crippen LogP contribution in [0.5, 0.6) is 11.5 Å². The number of nitrogens with two attached hydrogens (primary N) is 1. The molecule has 0 aliphatic carbocycles. The van der Waals surface area contributed by atoms with Crippen LogP contribution in [0.3, 0.4) is 0 Å². The van der Waals surface area contributed by atoms with E-state index in [-0.39, 0.29) is 11.8 Å². The van der Waals surface area contributed by atoms with Crippen LogP contribution in [0.4, 0.5) is 0 Å². The third-order valence-electron chi connectivity index (χ3n) is 2.27. The molecule has 0 aliphatic rings. The molecule has 0 bridgehead atoms. The molecule has 1 heterocycles. The molecule has 3 N–H and O–H groups in total. The Labute approximate surface area is 98.0 Å². The molecule has 6 nitrogen and oxygen atoms in total. The summed E-state index contributed by atoms with van der Waals surface area (Å²) in [6.45, 7) is 1.76. The lowest BCUT2D eigenvalue weighted by atomic mass is 10.2. The number of hydrogen-bond donors (Lipinski definition) is 2. The number of aromatic hydroxyl groups is 1. The summed E-state index contributed by atoms with van der Waals surface area (Å²) in [6.07, 6.45) is 0. The van der Waals surface area contributed by atoms with E-state index in [1.165, 1.54) is 13.2 Å². The molecule has 0 unspecified atom stereocenters. The number of ether oxygens (including phenoxy) is 1. The van der Waals surface area contributed by atoms with Gasteiger partial charge in [-0.25, -0.2) is 0 Å². The Hall–Kier alpha value is -2.08. The molecule has 0 spiro atoms. The van der Waals surface area contributed by atoms with E-state index in [0.29, 0.717) is 23.0 Å². The van der Waals surface area contributed by atoms with E-state index in [0.717, 1.165) is 0 Å². The zero-order chi connectivity index (χ0) is 12.4. The van der Waals surface area contributed by atoms with Gasteiger partial charge in [-0.15, -0.1) is 0 Å². The molecule has 0 radical (unpaired) electrons. The van der Waals surface area contributed by atoms with E-state index in [1.54, 1.807) is 19.1 Å². The first kappa shape index (κ1) is 11.4. The summed E-state index contributed by atoms with van der Waals surface area (Å²) in [4.78, 5) is 4.15. The maximum absolute atomic E-state index is 9.47. The maximum Gasteiger partial charge on any atom is 0.243 e. The molecule has 0 saturated carbocycles. The minimum Gasteiger partial charge on any atom is -0.504 e. The summed E-state index contributed by atoms with van der Waals surface area (Å²) in [6, 6.07) is 4.50. The van der Waals surface area contributed by atoms with Gasteiger partial charge in [0.15, 0.2) is 11.5 Å². The predicted octanol–water partition coefficient (Wildman–Crippen LogP) is 1.47. The molecular formula is C11H13N3O3. The normalized spacial score (nSPS) is 12.4. The lowest BCUT2D eigenvalue weighted by Crippen LogP contribution is -2.04. The van der Waals surface area contributed by atoms with E-state index in [9.17, 15) is 5.11 Å². The van der Waals surface area contributed by atoms with Gasteiger partial charge in [0.25, 0.3) is 0 Å². The summed E-state index contributed by atoms with van der Waals surface area (Å²) in [5.41, 5.74) is 6.31. The van der Waals surface area contributed by atoms with E-state index in [2.05, 4.69) is 10.1 Å². The quantitative estimate of drug-likeness (QED) is 0.836. The minimum absolute atomic E-state index is 0.0622. The summed E-state index contributed by atoms with van der Waals surface area (Å²) in [5.74, 6) is 1.20. The Morgan fingerprint density at radius 2 is 2.24 bits per heavy atom. The van der Waals surface area contributed by atoms with Crippen molar-refractivity contribution in [3.05, 3.63) is 24.1 Å². The van der Waals surface area contributed by atoms with Crippen molar-refractivity contribution in [2.45, 2.75) is 13.0 Å². The smallest absolute Gasteiger partial charge is 0.243 e. The van der Waals surface area contributed by atoms with Gasteiger partial charge in [-0.2, -0.15) is 4.98 Å². The highest BCUT2D eigenvalue weighted by Gasteiger charge is 2.13. The highest BCUT2D eigenvalue weighted by Crippen LogP contribution is 2.30. The van der Waals surface area contributed by atoms with Crippen LogP contribution in [0.25, 0.3) is 11.4 Å². The zero-order valence-corrected chi connectivity index (χ0v) is 9.54. The number of methoxy groups -OCH3 is 1. The third-order valence-corrected chi connectivity index (χ3v) is 2.27. The fraction of sp³-hybridized carbons (Fsp3) is 0.273. The number of benzene rings is 1. The van der Waals surface area contributed by atoms with E-state index >= 15 is 0 Å². The van der Waals surface area contributed by atoms with Gasteiger partial charge in [0.2, 0.25) is 11.7 Å². The molecule has 6 heteroatoms. The molecule has 17 heavy (non-hydrogen) atoms. The predicted molar refractivity (Wildman–Crippen MR) is 60.6 cm³/mol. The van der Waals surface area contributed by atoms with Crippen molar-refractivity contribution in [2.75, 3.05) is 7.11 Å². The molecule has 90 valence electrons. The summed E-state index contributed by atoms with van der Waals surface area (Å²) < 4.78 is 10.00. The van der Waals surface area contributed by atoms with Crippen LogP contribution in [0.15, 0.2) is 22.7 Å². The Bertz CT molecular complexity index is 522. The van der Waals surface area contributed by atoms with Crippen LogP contribution in [0, 0.1) is 0 Å². The molecule has 0 aliphatic heterocycles. The van der Waals surface area contributed by atoms with Gasteiger partial charge in [-0.05, 0) is 25.1 Å². The Morgan fingerprint density at radius 1 is 1.47 bits per heavy atom. The van der Waals surface area contributed by atoms with Gasteiger partial charge < -0.3 is 20.1 Å². The average molecular weight is 235 g/mol. The summed E-state index contributed by atoms with van der Waals surface area (Å²) in [7, 11) is 1.47. The third kappa shape index (κ3) is 2.21. The highest BCUT2D eigenvalue weighted by atomic mass is 16.5. The molecule has 1 atom stereocenters. The Kier molecular flexibility index (Phi) is 2.97. The van der Waals surface area contributed by atoms with E-state index < -0.39 is 0 Å². The van der Waals surface area contributed by atoms with E-state index in [1.807, 2.05) is 0 Å². The van der Waals surface area contributed by atoms with Crippen LogP contribution in [0.2, 0.25) is 0 Å². The van der Waals surface area contributed by atoms with Gasteiger partial charge in [-0.3, -0.25) is 0 Å². The second-order valence-electron chi connectivity index (χ2n) is 3.63. The molecule has 2 rings (SSSR count). The van der Waals surface area contributed by atoms with Crippen molar-refractivity contribution < 1.29 is 14.4 Å². The van der Waals surface area contributed by atoms with Crippen molar-refractivity contribution in [1.29, 1.82) is 0 Å². The lowest BCUT2D eigenvalue weighted by Gasteiger charge is -2.03. The lowest BCUT2D eigenvalue weighted by molar-refractivity contribution is 0.361. The second kappa shape index (κ2) is 4.42. The van der Waals surface area contributed by atoms with Crippen molar-refractivity contribution >= 4 is 0 Å². The number of phenols is 1. The number of phenolic OH excluding ortho intramolecular Hbond substituents is 1. The second-order valence-corrected chi connectivity index (χ2v) is 3.63. The summed E-state index contributed by atoms with van der Waals surface area (Å²) in [5, 5.41) is 13.3. The number of nitrogens with zero attached hydrogens (tertiary/aromatic N) is 2. The van der Waals surface area contributed by atoms with Crippen LogP contribution >= 0.6 is 0 Å². The molecule has 1 aromatic carbocycles. The standard InChI is InChI=1S/C11H13N3O3/c1-6(12)11-13-10(14-17-11)7-3-4-8(15)9(5-7)16-2/h3-6,15H,12H2,1-2H3/t6-/m1/s1. The van der Waals surface area contributed by atoms with Crippen molar-refractivity contribution in [1.82, 2.24) is 10.1 Å². The molecular weight excluding hydrogens is 222 g/mol. The van der Waals surface area contributed by atoms with Gasteiger partial charge >= 0.3 is 0 Å². The van der Waals surface area contributed by atoms with Gasteiger partial charge in [-0.1, -0.05) is 5.16 Å². The maximum atomic E-state index is 9.47. The van der Waals surface area contributed by atoms with Crippen molar-refractivity contribution in [3.63, 3.8) is 0 Å². The van der Waals surface area contributed by atoms with Crippen LogP contribution < -0.4 is 10.5 Å². The van der Waals surface area contributed by atoms with Crippen LogP contribution in [-0.2, 0) is 0 Å². The molecule has 2 aromatic rings. The molecule has 0 saturated heterocycles. The van der Waals surface area contributed by atoms with Gasteiger partial charge in [0.05, 0.1) is 13.2 Å². The zero-order valence-electron chi connectivity index (χ0n) is 9.54. The minimum atomic E-state index is -0.310. The van der Waals surface area contributed by atoms with E-state index in [4.69, 9.17) is 15.0 Å². The number of aromatic nitrogens is 2. The molecule has 0 fully saturated rings. The van der Waals surface area contributed by atoms with Crippen molar-refractivity contribution in [3.8, 4) is 22.9 Å².